The Labute approximate surface area is 102 Å². The lowest BCUT2D eigenvalue weighted by Gasteiger charge is -2.04. The van der Waals surface area contributed by atoms with E-state index in [1.54, 1.807) is 0 Å². The summed E-state index contributed by atoms with van der Waals surface area (Å²) < 4.78 is 0. The van der Waals surface area contributed by atoms with Crippen LogP contribution in [0.4, 0.5) is 0 Å². The highest BCUT2D eigenvalue weighted by Gasteiger charge is 1.97. The van der Waals surface area contributed by atoms with Crippen molar-refractivity contribution in [1.82, 2.24) is 5.32 Å². The molecule has 16 heavy (non-hydrogen) atoms. The minimum absolute atomic E-state index is 0.495. The van der Waals surface area contributed by atoms with E-state index in [-0.39, 0.29) is 0 Å². The third-order valence-corrected chi connectivity index (χ3v) is 2.63. The topological polar surface area (TPSA) is 50.4 Å². The fourth-order valence-electron chi connectivity index (χ4n) is 1.29. The van der Waals surface area contributed by atoms with E-state index in [1.807, 2.05) is 25.1 Å². The van der Waals surface area contributed by atoms with Gasteiger partial charge in [-0.15, -0.1) is 0 Å². The molecule has 0 radical (unpaired) electrons. The molecule has 0 aromatic heterocycles. The van der Waals surface area contributed by atoms with Gasteiger partial charge in [-0.1, -0.05) is 30.7 Å². The smallest absolute Gasteiger partial charge is 0.188 e. The molecule has 0 fully saturated rings. The Bertz CT molecular complexity index is 375. The maximum absolute atomic E-state index is 5.94. The van der Waals surface area contributed by atoms with Gasteiger partial charge in [0.15, 0.2) is 5.96 Å². The second-order valence-corrected chi connectivity index (χ2v) is 4.12. The fraction of sp³-hybridized carbons (Fsp3) is 0.417. The second kappa shape index (κ2) is 6.38. The highest BCUT2D eigenvalue weighted by Crippen LogP contribution is 2.16. The van der Waals surface area contributed by atoms with Gasteiger partial charge in [0.2, 0.25) is 0 Å². The van der Waals surface area contributed by atoms with E-state index in [0.29, 0.717) is 12.5 Å². The van der Waals surface area contributed by atoms with Crippen molar-refractivity contribution in [1.29, 1.82) is 0 Å². The minimum Gasteiger partial charge on any atom is -0.370 e. The first-order valence-corrected chi connectivity index (χ1v) is 5.80. The third kappa shape index (κ3) is 4.11. The first-order chi connectivity index (χ1) is 7.63. The van der Waals surface area contributed by atoms with Crippen LogP contribution in [0.3, 0.4) is 0 Å². The number of nitrogens with two attached hydrogens (primary N) is 1. The summed E-state index contributed by atoms with van der Waals surface area (Å²) in [5.74, 6) is 0.495. The van der Waals surface area contributed by atoms with Gasteiger partial charge in [0.25, 0.3) is 0 Å². The molecule has 0 saturated carbocycles. The average Bonchev–Trinajstić information content (AvgIpc) is 2.28. The van der Waals surface area contributed by atoms with Crippen molar-refractivity contribution in [2.75, 3.05) is 6.54 Å². The molecule has 1 rings (SSSR count). The van der Waals surface area contributed by atoms with Gasteiger partial charge in [0.1, 0.15) is 0 Å². The van der Waals surface area contributed by atoms with Crippen LogP contribution < -0.4 is 11.1 Å². The van der Waals surface area contributed by atoms with E-state index < -0.39 is 0 Å². The van der Waals surface area contributed by atoms with Crippen LogP contribution in [0.2, 0.25) is 5.02 Å². The van der Waals surface area contributed by atoms with Crippen LogP contribution >= 0.6 is 11.6 Å². The van der Waals surface area contributed by atoms with E-state index in [0.717, 1.165) is 29.1 Å². The van der Waals surface area contributed by atoms with E-state index >= 15 is 0 Å². The molecule has 0 aliphatic heterocycles. The Balaban J connectivity index is 2.56. The summed E-state index contributed by atoms with van der Waals surface area (Å²) in [5, 5.41) is 3.81. The van der Waals surface area contributed by atoms with Crippen molar-refractivity contribution in [3.05, 3.63) is 34.3 Å². The quantitative estimate of drug-likeness (QED) is 0.627. The molecule has 0 atom stereocenters. The fourth-order valence-corrected chi connectivity index (χ4v) is 1.41. The number of hydrogen-bond acceptors (Lipinski definition) is 1. The van der Waals surface area contributed by atoms with Gasteiger partial charge < -0.3 is 11.1 Å². The van der Waals surface area contributed by atoms with Crippen LogP contribution in [0.25, 0.3) is 0 Å². The van der Waals surface area contributed by atoms with Gasteiger partial charge in [-0.25, -0.2) is 4.99 Å². The van der Waals surface area contributed by atoms with Crippen LogP contribution in [-0.4, -0.2) is 12.5 Å². The number of rotatable bonds is 4. The molecule has 88 valence electrons. The number of halogens is 1. The molecule has 1 aromatic carbocycles. The first-order valence-electron chi connectivity index (χ1n) is 5.42. The standard InChI is InChI=1S/C12H18ClN3/c1-3-6-15-12(14)16-8-10-4-5-11(13)9(2)7-10/h4-5,7H,3,6,8H2,1-2H3,(H3,14,15,16). The van der Waals surface area contributed by atoms with Gasteiger partial charge in [0, 0.05) is 11.6 Å². The molecule has 0 heterocycles. The molecule has 0 aliphatic rings. The van der Waals surface area contributed by atoms with Crippen molar-refractivity contribution in [3.63, 3.8) is 0 Å². The predicted octanol–water partition coefficient (Wildman–Crippen LogP) is 2.46. The number of aliphatic imine (C=N–C) groups is 1. The molecule has 4 heteroatoms. The average molecular weight is 240 g/mol. The molecule has 0 amide bonds. The number of hydrogen-bond donors (Lipinski definition) is 2. The van der Waals surface area contributed by atoms with Crippen LogP contribution in [0.15, 0.2) is 23.2 Å². The SMILES string of the molecule is CCCNC(N)=NCc1ccc(Cl)c(C)c1. The van der Waals surface area contributed by atoms with Crippen molar-refractivity contribution in [3.8, 4) is 0 Å². The highest BCUT2D eigenvalue weighted by molar-refractivity contribution is 6.31. The van der Waals surface area contributed by atoms with Crippen LogP contribution in [0.5, 0.6) is 0 Å². The molecular formula is C12H18ClN3. The normalized spacial score (nSPS) is 11.6. The molecular weight excluding hydrogens is 222 g/mol. The molecule has 3 nitrogen and oxygen atoms in total. The van der Waals surface area contributed by atoms with Gasteiger partial charge in [-0.05, 0) is 30.5 Å². The van der Waals surface area contributed by atoms with Crippen molar-refractivity contribution in [2.24, 2.45) is 10.7 Å². The van der Waals surface area contributed by atoms with E-state index in [9.17, 15) is 0 Å². The van der Waals surface area contributed by atoms with Crippen LogP contribution in [0, 0.1) is 6.92 Å². The van der Waals surface area contributed by atoms with Crippen molar-refractivity contribution in [2.45, 2.75) is 26.8 Å². The van der Waals surface area contributed by atoms with Crippen LogP contribution in [0.1, 0.15) is 24.5 Å². The zero-order valence-corrected chi connectivity index (χ0v) is 10.5. The Kier molecular flexibility index (Phi) is 5.12. The zero-order valence-electron chi connectivity index (χ0n) is 9.76. The Morgan fingerprint density at radius 3 is 2.88 bits per heavy atom. The van der Waals surface area contributed by atoms with E-state index in [4.69, 9.17) is 17.3 Å². The van der Waals surface area contributed by atoms with Gasteiger partial charge >= 0.3 is 0 Å². The van der Waals surface area contributed by atoms with Gasteiger partial charge in [0.05, 0.1) is 6.54 Å². The maximum Gasteiger partial charge on any atom is 0.188 e. The summed E-state index contributed by atoms with van der Waals surface area (Å²) in [4.78, 5) is 4.24. The van der Waals surface area contributed by atoms with E-state index in [1.165, 1.54) is 0 Å². The van der Waals surface area contributed by atoms with Crippen molar-refractivity contribution >= 4 is 17.6 Å². The minimum atomic E-state index is 0.495. The molecule has 0 unspecified atom stereocenters. The van der Waals surface area contributed by atoms with Gasteiger partial charge in [-0.3, -0.25) is 0 Å². The van der Waals surface area contributed by atoms with E-state index in [2.05, 4.69) is 17.2 Å². The van der Waals surface area contributed by atoms with Crippen molar-refractivity contribution < 1.29 is 0 Å². The summed E-state index contributed by atoms with van der Waals surface area (Å²) in [7, 11) is 0. The number of nitrogens with one attached hydrogen (secondary N) is 1. The zero-order chi connectivity index (χ0) is 12.0. The molecule has 1 aromatic rings. The lowest BCUT2D eigenvalue weighted by molar-refractivity contribution is 0.825. The van der Waals surface area contributed by atoms with Gasteiger partial charge in [-0.2, -0.15) is 0 Å². The Morgan fingerprint density at radius 1 is 1.50 bits per heavy atom. The Morgan fingerprint density at radius 2 is 2.25 bits per heavy atom. The maximum atomic E-state index is 5.94. The molecule has 0 aliphatic carbocycles. The summed E-state index contributed by atoms with van der Waals surface area (Å²) in [6.07, 6.45) is 1.04. The molecule has 0 bridgehead atoms. The summed E-state index contributed by atoms with van der Waals surface area (Å²) in [6.45, 7) is 5.51. The number of aryl methyl sites for hydroxylation is 1. The lowest BCUT2D eigenvalue weighted by atomic mass is 10.1. The second-order valence-electron chi connectivity index (χ2n) is 3.71. The monoisotopic (exact) mass is 239 g/mol. The number of nitrogens with zero attached hydrogens (tertiary/aromatic N) is 1. The largest absolute Gasteiger partial charge is 0.370 e. The Hall–Kier alpha value is -1.22. The first kappa shape index (κ1) is 12.8. The summed E-state index contributed by atoms with van der Waals surface area (Å²) in [6, 6.07) is 5.88. The molecule has 3 N–H and O–H groups in total. The summed E-state index contributed by atoms with van der Waals surface area (Å²) in [5.41, 5.74) is 7.87. The third-order valence-electron chi connectivity index (χ3n) is 2.21. The lowest BCUT2D eigenvalue weighted by Crippen LogP contribution is -2.32. The van der Waals surface area contributed by atoms with Crippen LogP contribution in [-0.2, 0) is 6.54 Å². The summed E-state index contributed by atoms with van der Waals surface area (Å²) >= 11 is 5.94. The molecule has 0 spiro atoms. The number of benzene rings is 1. The predicted molar refractivity (Wildman–Crippen MR) is 69.8 cm³/mol. The number of guanidine groups is 1. The molecule has 0 saturated heterocycles. The highest BCUT2D eigenvalue weighted by atomic mass is 35.5.